The van der Waals surface area contributed by atoms with Gasteiger partial charge in [-0.1, -0.05) is 6.42 Å². The highest BCUT2D eigenvalue weighted by Gasteiger charge is 2.50. The van der Waals surface area contributed by atoms with E-state index in [-0.39, 0.29) is 6.10 Å². The van der Waals surface area contributed by atoms with Crippen LogP contribution in [0.1, 0.15) is 38.5 Å². The van der Waals surface area contributed by atoms with Gasteiger partial charge in [-0.15, -0.1) is 0 Å². The number of aliphatic carboxylic acids is 1. The van der Waals surface area contributed by atoms with Crippen LogP contribution in [-0.4, -0.2) is 41.1 Å². The smallest absolute Gasteiger partial charge is 0.335 e. The molecule has 4 nitrogen and oxygen atoms in total. The summed E-state index contributed by atoms with van der Waals surface area (Å²) in [6, 6.07) is 0. The Hall–Kier alpha value is -0.260. The molecule has 2 unspecified atom stereocenters. The molecule has 1 aliphatic carbocycles. The Morgan fingerprint density at radius 2 is 2.06 bits per heavy atom. The van der Waals surface area contributed by atoms with Crippen LogP contribution in [0.25, 0.3) is 0 Å². The Kier molecular flexibility index (Phi) is 4.33. The average molecular weight is 260 g/mol. The summed E-state index contributed by atoms with van der Waals surface area (Å²) >= 11 is 1.71. The molecule has 0 aromatic rings. The van der Waals surface area contributed by atoms with Gasteiger partial charge < -0.3 is 14.6 Å². The quantitative estimate of drug-likeness (QED) is 0.840. The number of rotatable bonds is 4. The summed E-state index contributed by atoms with van der Waals surface area (Å²) in [7, 11) is 0. The molecule has 98 valence electrons. The second kappa shape index (κ2) is 5.59. The number of hydrogen-bond acceptors (Lipinski definition) is 4. The van der Waals surface area contributed by atoms with E-state index in [0.29, 0.717) is 0 Å². The molecule has 1 N–H and O–H groups in total. The third-order valence-corrected chi connectivity index (χ3v) is 4.15. The maximum Gasteiger partial charge on any atom is 0.335 e. The highest BCUT2D eigenvalue weighted by Crippen LogP contribution is 2.41. The van der Waals surface area contributed by atoms with Crippen molar-refractivity contribution in [2.45, 2.75) is 56.5 Å². The monoisotopic (exact) mass is 260 g/mol. The molecule has 1 saturated heterocycles. The minimum absolute atomic E-state index is 0.280. The fourth-order valence-corrected chi connectivity index (χ4v) is 3.12. The van der Waals surface area contributed by atoms with Crippen LogP contribution < -0.4 is 0 Å². The molecule has 1 saturated carbocycles. The summed E-state index contributed by atoms with van der Waals surface area (Å²) in [5.41, 5.74) is 0. The topological polar surface area (TPSA) is 55.8 Å². The van der Waals surface area contributed by atoms with Crippen LogP contribution >= 0.6 is 11.8 Å². The molecule has 0 aromatic carbocycles. The van der Waals surface area contributed by atoms with E-state index in [1.54, 1.807) is 11.8 Å². The lowest BCUT2D eigenvalue weighted by atomic mass is 9.94. The predicted molar refractivity (Wildman–Crippen MR) is 66.2 cm³/mol. The molecular weight excluding hydrogens is 240 g/mol. The van der Waals surface area contributed by atoms with E-state index in [2.05, 4.69) is 0 Å². The molecule has 17 heavy (non-hydrogen) atoms. The van der Waals surface area contributed by atoms with Crippen LogP contribution in [0.15, 0.2) is 0 Å². The minimum atomic E-state index is -0.890. The van der Waals surface area contributed by atoms with Crippen molar-refractivity contribution >= 4 is 17.7 Å². The van der Waals surface area contributed by atoms with E-state index in [9.17, 15) is 9.90 Å². The molecule has 1 spiro atoms. The van der Waals surface area contributed by atoms with Crippen LogP contribution in [0.3, 0.4) is 0 Å². The van der Waals surface area contributed by atoms with Gasteiger partial charge in [0.15, 0.2) is 11.9 Å². The number of carbonyl (C=O) groups is 1. The molecule has 0 amide bonds. The normalized spacial score (nSPS) is 31.8. The van der Waals surface area contributed by atoms with Crippen LogP contribution in [0.4, 0.5) is 0 Å². The summed E-state index contributed by atoms with van der Waals surface area (Å²) in [5, 5.41) is 9.19. The molecule has 2 rings (SSSR count). The van der Waals surface area contributed by atoms with E-state index < -0.39 is 17.9 Å². The molecule has 0 bridgehead atoms. The number of carboxylic acids is 1. The van der Waals surface area contributed by atoms with Gasteiger partial charge >= 0.3 is 5.97 Å². The van der Waals surface area contributed by atoms with Gasteiger partial charge in [0, 0.05) is 12.8 Å². The molecule has 1 aliphatic heterocycles. The van der Waals surface area contributed by atoms with Gasteiger partial charge in [-0.05, 0) is 31.3 Å². The van der Waals surface area contributed by atoms with Crippen molar-refractivity contribution in [2.24, 2.45) is 0 Å². The molecule has 0 radical (unpaired) electrons. The van der Waals surface area contributed by atoms with E-state index in [1.165, 1.54) is 6.42 Å². The molecule has 2 atom stereocenters. The largest absolute Gasteiger partial charge is 0.479 e. The van der Waals surface area contributed by atoms with Crippen molar-refractivity contribution < 1.29 is 19.4 Å². The number of thioether (sulfide) groups is 1. The van der Waals surface area contributed by atoms with Gasteiger partial charge in [0.1, 0.15) is 0 Å². The predicted octanol–water partition coefficient (Wildman–Crippen LogP) is 2.27. The van der Waals surface area contributed by atoms with Crippen LogP contribution in [0.2, 0.25) is 0 Å². The summed E-state index contributed by atoms with van der Waals surface area (Å²) in [6.07, 6.45) is 6.73. The summed E-state index contributed by atoms with van der Waals surface area (Å²) < 4.78 is 11.7. The summed E-state index contributed by atoms with van der Waals surface area (Å²) in [6.45, 7) is 0. The van der Waals surface area contributed by atoms with Gasteiger partial charge in [-0.3, -0.25) is 0 Å². The zero-order chi connectivity index (χ0) is 12.3. The second-order valence-electron chi connectivity index (χ2n) is 4.79. The first-order valence-electron chi connectivity index (χ1n) is 6.24. The van der Waals surface area contributed by atoms with Crippen molar-refractivity contribution in [3.63, 3.8) is 0 Å². The Morgan fingerprint density at radius 1 is 1.35 bits per heavy atom. The van der Waals surface area contributed by atoms with Crippen molar-refractivity contribution in [2.75, 3.05) is 12.0 Å². The third-order valence-electron chi connectivity index (χ3n) is 3.51. The van der Waals surface area contributed by atoms with Crippen molar-refractivity contribution in [3.8, 4) is 0 Å². The summed E-state index contributed by atoms with van der Waals surface area (Å²) in [5.74, 6) is -0.573. The molecule has 1 heterocycles. The van der Waals surface area contributed by atoms with E-state index >= 15 is 0 Å². The Labute approximate surface area is 106 Å². The third kappa shape index (κ3) is 2.95. The first-order valence-corrected chi connectivity index (χ1v) is 7.64. The van der Waals surface area contributed by atoms with Gasteiger partial charge in [-0.25, -0.2) is 4.79 Å². The average Bonchev–Trinajstić information content (AvgIpc) is 2.66. The molecule has 5 heteroatoms. The van der Waals surface area contributed by atoms with Gasteiger partial charge in [0.2, 0.25) is 0 Å². The number of hydrogen-bond donors (Lipinski definition) is 1. The standard InChI is InChI=1S/C12H20O4S/c1-17-8-5-9-10(11(13)14)16-12(15-9)6-3-2-4-7-12/h9-10H,2-8H2,1H3,(H,13,14). The van der Waals surface area contributed by atoms with Crippen molar-refractivity contribution in [3.05, 3.63) is 0 Å². The van der Waals surface area contributed by atoms with Gasteiger partial charge in [0.05, 0.1) is 6.10 Å². The zero-order valence-electron chi connectivity index (χ0n) is 10.2. The lowest BCUT2D eigenvalue weighted by Crippen LogP contribution is -2.34. The second-order valence-corrected chi connectivity index (χ2v) is 5.77. The van der Waals surface area contributed by atoms with Crippen molar-refractivity contribution in [1.82, 2.24) is 0 Å². The van der Waals surface area contributed by atoms with E-state index in [1.807, 2.05) is 6.26 Å². The lowest BCUT2D eigenvalue weighted by Gasteiger charge is -2.31. The fourth-order valence-electron chi connectivity index (χ4n) is 2.65. The van der Waals surface area contributed by atoms with Crippen LogP contribution in [-0.2, 0) is 14.3 Å². The van der Waals surface area contributed by atoms with E-state index in [4.69, 9.17) is 9.47 Å². The van der Waals surface area contributed by atoms with Crippen LogP contribution in [0.5, 0.6) is 0 Å². The molecule has 2 fully saturated rings. The Bertz CT molecular complexity index is 276. The van der Waals surface area contributed by atoms with E-state index in [0.717, 1.165) is 37.9 Å². The minimum Gasteiger partial charge on any atom is -0.479 e. The molecule has 2 aliphatic rings. The van der Waals surface area contributed by atoms with Gasteiger partial charge in [-0.2, -0.15) is 11.8 Å². The molecular formula is C12H20O4S. The highest BCUT2D eigenvalue weighted by molar-refractivity contribution is 7.98. The fraction of sp³-hybridized carbons (Fsp3) is 0.917. The summed E-state index contributed by atoms with van der Waals surface area (Å²) in [4.78, 5) is 11.2. The Morgan fingerprint density at radius 3 is 2.65 bits per heavy atom. The van der Waals surface area contributed by atoms with Crippen LogP contribution in [0, 0.1) is 0 Å². The zero-order valence-corrected chi connectivity index (χ0v) is 11.0. The SMILES string of the molecule is CSCCC1OC2(CCCCC2)OC1C(=O)O. The molecule has 0 aromatic heterocycles. The first-order chi connectivity index (χ1) is 8.17. The number of ether oxygens (including phenoxy) is 2. The number of carboxylic acid groups (broad SMARTS) is 1. The Balaban J connectivity index is 2.02. The van der Waals surface area contributed by atoms with Crippen molar-refractivity contribution in [1.29, 1.82) is 0 Å². The maximum atomic E-state index is 11.2. The highest BCUT2D eigenvalue weighted by atomic mass is 32.2. The lowest BCUT2D eigenvalue weighted by molar-refractivity contribution is -0.198. The van der Waals surface area contributed by atoms with Gasteiger partial charge in [0.25, 0.3) is 0 Å². The first kappa shape index (κ1) is 13.2. The maximum absolute atomic E-state index is 11.2.